The highest BCUT2D eigenvalue weighted by atomic mass is 16.5. The van der Waals surface area contributed by atoms with Crippen LogP contribution in [0.1, 0.15) is 33.1 Å². The molecule has 1 aromatic carbocycles. The molecule has 1 saturated heterocycles. The molecule has 180 valence electrons. The average Bonchev–Trinajstić information content (AvgIpc) is 3.59. The van der Waals surface area contributed by atoms with Crippen LogP contribution in [0, 0.1) is 5.92 Å². The minimum Gasteiger partial charge on any atom is -0.376 e. The predicted molar refractivity (Wildman–Crippen MR) is 127 cm³/mol. The first-order valence-corrected chi connectivity index (χ1v) is 11.2. The molecule has 1 spiro atoms. The molecule has 0 atom stereocenters. The molecule has 0 radical (unpaired) electrons. The van der Waals surface area contributed by atoms with Gasteiger partial charge in [0.15, 0.2) is 11.5 Å². The van der Waals surface area contributed by atoms with Gasteiger partial charge in [0.05, 0.1) is 30.3 Å². The fourth-order valence-electron chi connectivity index (χ4n) is 4.59. The van der Waals surface area contributed by atoms with E-state index in [2.05, 4.69) is 35.9 Å². The van der Waals surface area contributed by atoms with Gasteiger partial charge in [0.2, 0.25) is 5.91 Å². The van der Waals surface area contributed by atoms with Gasteiger partial charge >= 0.3 is 0 Å². The van der Waals surface area contributed by atoms with Crippen LogP contribution in [0.4, 0.5) is 22.9 Å². The number of aryl methyl sites for hydroxylation is 1. The third kappa shape index (κ3) is 3.32. The van der Waals surface area contributed by atoms with Crippen LogP contribution in [-0.2, 0) is 22.1 Å². The molecule has 35 heavy (non-hydrogen) atoms. The van der Waals surface area contributed by atoms with Gasteiger partial charge in [-0.2, -0.15) is 15.0 Å². The topological polar surface area (TPSA) is 139 Å². The number of ether oxygens (including phenoxy) is 1. The van der Waals surface area contributed by atoms with E-state index in [1.807, 2.05) is 30.6 Å². The largest absolute Gasteiger partial charge is 0.376 e. The van der Waals surface area contributed by atoms with Crippen LogP contribution in [0.5, 0.6) is 0 Å². The summed E-state index contributed by atoms with van der Waals surface area (Å²) >= 11 is 0. The Kier molecular flexibility index (Phi) is 4.04. The maximum absolute atomic E-state index is 12.9. The molecule has 2 aromatic heterocycles. The lowest BCUT2D eigenvalue weighted by Crippen LogP contribution is -2.60. The van der Waals surface area contributed by atoms with Crippen LogP contribution in [-0.4, -0.2) is 64.2 Å². The maximum atomic E-state index is 12.9. The highest BCUT2D eigenvalue weighted by Crippen LogP contribution is 2.51. The lowest BCUT2D eigenvalue weighted by Gasteiger charge is -2.51. The number of nitrogens with one attached hydrogen (secondary N) is 3. The number of hydrogen-bond donors (Lipinski definition) is 3. The number of amides is 2. The molecule has 3 aliphatic rings. The van der Waals surface area contributed by atoms with Crippen molar-refractivity contribution in [3.8, 4) is 11.3 Å². The number of benzene rings is 1. The molecule has 3 N–H and O–H groups in total. The number of anilines is 4. The van der Waals surface area contributed by atoms with Crippen molar-refractivity contribution in [1.82, 2.24) is 30.5 Å². The van der Waals surface area contributed by atoms with Gasteiger partial charge < -0.3 is 25.6 Å². The van der Waals surface area contributed by atoms with Crippen LogP contribution < -0.4 is 20.9 Å². The molecular weight excluding hydrogens is 450 g/mol. The predicted octanol–water partition coefficient (Wildman–Crippen LogP) is 1.40. The van der Waals surface area contributed by atoms with Crippen LogP contribution in [0.25, 0.3) is 11.3 Å². The van der Waals surface area contributed by atoms with Gasteiger partial charge in [-0.25, -0.2) is 0 Å². The van der Waals surface area contributed by atoms with Crippen molar-refractivity contribution in [2.45, 2.75) is 18.4 Å². The summed E-state index contributed by atoms with van der Waals surface area (Å²) in [7, 11) is 3.71. The number of para-hydroxylation sites is 1. The molecule has 12 nitrogen and oxygen atoms in total. The number of fused-ring (bicyclic) bond motifs is 4. The number of aromatic nitrogens is 5. The second kappa shape index (κ2) is 7.73. The van der Waals surface area contributed by atoms with E-state index in [1.165, 1.54) is 10.9 Å². The van der Waals surface area contributed by atoms with Gasteiger partial charge in [-0.15, -0.1) is 10.2 Å². The molecule has 0 bridgehead atoms. The summed E-state index contributed by atoms with van der Waals surface area (Å²) < 4.78 is 27.9. The van der Waals surface area contributed by atoms with Gasteiger partial charge in [-0.3, -0.25) is 9.59 Å². The van der Waals surface area contributed by atoms with Crippen molar-refractivity contribution in [2.24, 2.45) is 13.0 Å². The molecule has 1 aliphatic carbocycles. The van der Waals surface area contributed by atoms with Crippen LogP contribution >= 0.6 is 0 Å². The van der Waals surface area contributed by atoms with E-state index in [-0.39, 0.29) is 29.0 Å². The molecule has 3 aromatic rings. The summed E-state index contributed by atoms with van der Waals surface area (Å²) in [6, 6.07) is 7.08. The Hall–Kier alpha value is -4.06. The van der Waals surface area contributed by atoms with Gasteiger partial charge in [-0.1, -0.05) is 12.1 Å². The summed E-state index contributed by atoms with van der Waals surface area (Å²) in [6.45, 7) is -1.85. The Balaban J connectivity index is 1.43. The van der Waals surface area contributed by atoms with Gasteiger partial charge in [0, 0.05) is 42.7 Å². The fourth-order valence-corrected chi connectivity index (χ4v) is 4.59. The van der Waals surface area contributed by atoms with Gasteiger partial charge in [-0.05, 0) is 18.9 Å². The third-order valence-electron chi connectivity index (χ3n) is 6.70. The molecule has 0 unspecified atom stereocenters. The van der Waals surface area contributed by atoms with Crippen molar-refractivity contribution in [1.29, 1.82) is 0 Å². The molecule has 6 rings (SSSR count). The van der Waals surface area contributed by atoms with E-state index >= 15 is 0 Å². The molecule has 12 heteroatoms. The number of hydrogen-bond acceptors (Lipinski definition) is 9. The number of likely N-dealkylation sites (N-methyl/N-ethyl adjacent to an activating group) is 1. The van der Waals surface area contributed by atoms with Crippen molar-refractivity contribution >= 4 is 34.7 Å². The molecule has 4 heterocycles. The van der Waals surface area contributed by atoms with Crippen LogP contribution in [0.2, 0.25) is 0 Å². The first kappa shape index (κ1) is 18.3. The lowest BCUT2D eigenvalue weighted by atomic mass is 9.83. The Labute approximate surface area is 205 Å². The molecule has 1 saturated carbocycles. The Bertz CT molecular complexity index is 1460. The summed E-state index contributed by atoms with van der Waals surface area (Å²) in [4.78, 5) is 28.8. The number of nitrogens with zero attached hydrogens (tertiary/aromatic N) is 6. The summed E-state index contributed by atoms with van der Waals surface area (Å²) in [5, 5.41) is 25.1. The van der Waals surface area contributed by atoms with Crippen LogP contribution in [0.3, 0.4) is 0 Å². The monoisotopic (exact) mass is 478 g/mol. The first-order chi connectivity index (χ1) is 18.1. The zero-order valence-corrected chi connectivity index (χ0v) is 19.1. The SMILES string of the molecule is [2H]C([2H])([2H])NC(=O)c1nnc(NC(=O)C2CC2)cc1Nc1cccc2c1N(C)C1(COC1)c1nn(C)nc1-2. The smallest absolute Gasteiger partial charge is 0.273 e. The van der Waals surface area contributed by atoms with E-state index in [0.29, 0.717) is 18.9 Å². The zero-order valence-electron chi connectivity index (χ0n) is 22.1. The quantitative estimate of drug-likeness (QED) is 0.496. The lowest BCUT2D eigenvalue weighted by molar-refractivity contribution is -0.117. The van der Waals surface area contributed by atoms with Gasteiger partial charge in [0.25, 0.3) is 5.91 Å². The second-order valence-corrected chi connectivity index (χ2v) is 9.01. The fraction of sp³-hybridized carbons (Fsp3) is 0.391. The maximum Gasteiger partial charge on any atom is 0.273 e. The molecule has 2 amide bonds. The third-order valence-corrected chi connectivity index (χ3v) is 6.70. The minimum absolute atomic E-state index is 0.0661. The normalized spacial score (nSPS) is 18.9. The van der Waals surface area contributed by atoms with E-state index in [9.17, 15) is 9.59 Å². The van der Waals surface area contributed by atoms with E-state index in [4.69, 9.17) is 8.85 Å². The minimum atomic E-state index is -2.72. The number of rotatable bonds is 5. The molecular formula is C23H25N9O3. The summed E-state index contributed by atoms with van der Waals surface area (Å²) in [5.41, 5.74) is 3.24. The first-order valence-electron chi connectivity index (χ1n) is 12.7. The standard InChI is InChI=1S/C23H25N9O3/c1-24-22(34)18-15(9-16(27-28-18)26-21(33)12-7-8-12)25-14-6-4-5-13-17-20(30-32(3)29-17)23(10-35-11-23)31(2)19(13)14/h4-6,9,12H,7-8,10-11H2,1-3H3,(H,24,34)(H2,25,26,27,33)/i1D3. The zero-order chi connectivity index (χ0) is 26.8. The van der Waals surface area contributed by atoms with Crippen LogP contribution in [0.15, 0.2) is 24.3 Å². The van der Waals surface area contributed by atoms with E-state index in [0.717, 1.165) is 35.5 Å². The van der Waals surface area contributed by atoms with Crippen molar-refractivity contribution in [3.05, 3.63) is 35.7 Å². The van der Waals surface area contributed by atoms with E-state index in [1.54, 1.807) is 7.05 Å². The number of carbonyl (C=O) groups is 2. The average molecular weight is 479 g/mol. The van der Waals surface area contributed by atoms with E-state index < -0.39 is 18.4 Å². The van der Waals surface area contributed by atoms with Crippen molar-refractivity contribution < 1.29 is 18.4 Å². The Morgan fingerprint density at radius 1 is 1.17 bits per heavy atom. The number of carbonyl (C=O) groups excluding carboxylic acids is 2. The Morgan fingerprint density at radius 3 is 2.71 bits per heavy atom. The highest BCUT2D eigenvalue weighted by Gasteiger charge is 2.52. The summed E-state index contributed by atoms with van der Waals surface area (Å²) in [6.07, 6.45) is 1.61. The Morgan fingerprint density at radius 2 is 2.00 bits per heavy atom. The molecule has 2 fully saturated rings. The second-order valence-electron chi connectivity index (χ2n) is 9.01. The molecule has 2 aliphatic heterocycles. The van der Waals surface area contributed by atoms with Gasteiger partial charge in [0.1, 0.15) is 16.9 Å². The van der Waals surface area contributed by atoms with Crippen molar-refractivity contribution in [2.75, 3.05) is 42.8 Å². The summed E-state index contributed by atoms with van der Waals surface area (Å²) in [5.74, 6) is -1.03. The van der Waals surface area contributed by atoms with Crippen molar-refractivity contribution in [3.63, 3.8) is 0 Å². The highest BCUT2D eigenvalue weighted by molar-refractivity contribution is 6.01.